The summed E-state index contributed by atoms with van der Waals surface area (Å²) in [6.07, 6.45) is 1.77. The molecule has 0 aliphatic carbocycles. The molecule has 0 saturated carbocycles. The van der Waals surface area contributed by atoms with Crippen LogP contribution < -0.4 is 5.90 Å². The highest BCUT2D eigenvalue weighted by atomic mass is 16.6. The molecule has 1 amide bonds. The zero-order valence-electron chi connectivity index (χ0n) is 11.1. The summed E-state index contributed by atoms with van der Waals surface area (Å²) in [5.74, 6) is 5.69. The first kappa shape index (κ1) is 14.3. The molecule has 100 valence electrons. The molecular weight excluding hydrogens is 220 g/mol. The second kappa shape index (κ2) is 6.21. The van der Waals surface area contributed by atoms with Crippen LogP contribution in [-0.2, 0) is 9.57 Å². The average Bonchev–Trinajstić information content (AvgIpc) is 2.29. The molecule has 0 bridgehead atoms. The Balaban J connectivity index is 2.42. The topological polar surface area (TPSA) is 64.8 Å². The van der Waals surface area contributed by atoms with Gasteiger partial charge in [-0.1, -0.05) is 13.8 Å². The number of hydrogen-bond acceptors (Lipinski definition) is 4. The van der Waals surface area contributed by atoms with E-state index >= 15 is 0 Å². The van der Waals surface area contributed by atoms with Gasteiger partial charge in [-0.15, -0.1) is 0 Å². The molecule has 5 nitrogen and oxygen atoms in total. The van der Waals surface area contributed by atoms with E-state index in [9.17, 15) is 4.79 Å². The van der Waals surface area contributed by atoms with Crippen molar-refractivity contribution in [3.8, 4) is 0 Å². The summed E-state index contributed by atoms with van der Waals surface area (Å²) in [5.41, 5.74) is 0.0650. The fourth-order valence-corrected chi connectivity index (χ4v) is 2.39. The molecule has 1 aliphatic heterocycles. The van der Waals surface area contributed by atoms with Gasteiger partial charge in [-0.25, -0.2) is 10.7 Å². The van der Waals surface area contributed by atoms with E-state index in [1.807, 2.05) is 6.92 Å². The maximum Gasteiger partial charge on any atom is 0.409 e. The minimum absolute atomic E-state index is 0.0650. The van der Waals surface area contributed by atoms with E-state index in [2.05, 4.69) is 13.8 Å². The van der Waals surface area contributed by atoms with Crippen LogP contribution in [-0.4, -0.2) is 37.3 Å². The van der Waals surface area contributed by atoms with Crippen molar-refractivity contribution < 1.29 is 14.4 Å². The highest BCUT2D eigenvalue weighted by Gasteiger charge is 2.34. The molecule has 0 aromatic rings. The fourth-order valence-electron chi connectivity index (χ4n) is 2.39. The molecule has 0 spiro atoms. The van der Waals surface area contributed by atoms with Crippen LogP contribution in [0.5, 0.6) is 0 Å². The number of piperidine rings is 1. The molecule has 1 heterocycles. The number of nitrogens with two attached hydrogens (primary N) is 1. The van der Waals surface area contributed by atoms with Gasteiger partial charge in [-0.3, -0.25) is 0 Å². The highest BCUT2D eigenvalue weighted by Crippen LogP contribution is 2.35. The summed E-state index contributed by atoms with van der Waals surface area (Å²) in [6, 6.07) is 0. The van der Waals surface area contributed by atoms with Crippen molar-refractivity contribution in [2.75, 3.05) is 26.3 Å². The molecule has 0 aromatic heterocycles. The first-order valence-corrected chi connectivity index (χ1v) is 6.24. The predicted molar refractivity (Wildman–Crippen MR) is 65.2 cm³/mol. The summed E-state index contributed by atoms with van der Waals surface area (Å²) >= 11 is 0. The lowest BCUT2D eigenvalue weighted by atomic mass is 9.74. The third-order valence-corrected chi connectivity index (χ3v) is 3.58. The van der Waals surface area contributed by atoms with Crippen LogP contribution in [0.1, 0.15) is 33.6 Å². The van der Waals surface area contributed by atoms with Crippen molar-refractivity contribution in [2.24, 2.45) is 17.2 Å². The number of rotatable bonds is 4. The lowest BCUT2D eigenvalue weighted by molar-refractivity contribution is 0.00435. The zero-order chi connectivity index (χ0) is 12.9. The van der Waals surface area contributed by atoms with Crippen LogP contribution in [0.4, 0.5) is 4.79 Å². The van der Waals surface area contributed by atoms with Gasteiger partial charge in [-0.05, 0) is 31.1 Å². The summed E-state index contributed by atoms with van der Waals surface area (Å²) < 4.78 is 4.99. The molecule has 1 rings (SSSR count). The minimum atomic E-state index is -0.196. The van der Waals surface area contributed by atoms with Crippen molar-refractivity contribution in [1.29, 1.82) is 0 Å². The SMILES string of the molecule is CCOC(=O)N1CCC(C(C)(C)CON)CC1. The Morgan fingerprint density at radius 2 is 2.00 bits per heavy atom. The van der Waals surface area contributed by atoms with Gasteiger partial charge in [-0.2, -0.15) is 0 Å². The van der Waals surface area contributed by atoms with E-state index in [0.717, 1.165) is 25.9 Å². The number of hydrogen-bond donors (Lipinski definition) is 1. The third kappa shape index (κ3) is 3.85. The fraction of sp³-hybridized carbons (Fsp3) is 0.917. The molecule has 0 unspecified atom stereocenters. The third-order valence-electron chi connectivity index (χ3n) is 3.58. The molecule has 2 N–H and O–H groups in total. The molecule has 1 aliphatic rings. The Hall–Kier alpha value is -0.810. The minimum Gasteiger partial charge on any atom is -0.450 e. The number of nitrogens with zero attached hydrogens (tertiary/aromatic N) is 1. The van der Waals surface area contributed by atoms with Crippen LogP contribution in [0, 0.1) is 11.3 Å². The van der Waals surface area contributed by atoms with E-state index in [1.54, 1.807) is 4.90 Å². The van der Waals surface area contributed by atoms with Gasteiger partial charge >= 0.3 is 6.09 Å². The summed E-state index contributed by atoms with van der Waals surface area (Å²) in [7, 11) is 0. The van der Waals surface area contributed by atoms with Crippen LogP contribution in [0.25, 0.3) is 0 Å². The van der Waals surface area contributed by atoms with Crippen molar-refractivity contribution >= 4 is 6.09 Å². The Morgan fingerprint density at radius 3 is 2.47 bits per heavy atom. The van der Waals surface area contributed by atoms with Gasteiger partial charge in [0.05, 0.1) is 13.2 Å². The molecule has 0 aromatic carbocycles. The molecule has 1 saturated heterocycles. The van der Waals surface area contributed by atoms with Crippen LogP contribution >= 0.6 is 0 Å². The summed E-state index contributed by atoms with van der Waals surface area (Å²) in [4.78, 5) is 18.1. The molecular formula is C12H24N2O3. The van der Waals surface area contributed by atoms with Crippen LogP contribution in [0.2, 0.25) is 0 Å². The van der Waals surface area contributed by atoms with Gasteiger partial charge in [0, 0.05) is 13.1 Å². The highest BCUT2D eigenvalue weighted by molar-refractivity contribution is 5.67. The summed E-state index contributed by atoms with van der Waals surface area (Å²) in [6.45, 7) is 8.65. The van der Waals surface area contributed by atoms with E-state index in [1.165, 1.54) is 0 Å². The summed E-state index contributed by atoms with van der Waals surface area (Å²) in [5, 5.41) is 0. The normalized spacial score (nSPS) is 18.2. The first-order valence-electron chi connectivity index (χ1n) is 6.24. The second-order valence-corrected chi connectivity index (χ2v) is 5.26. The van der Waals surface area contributed by atoms with Crippen LogP contribution in [0.3, 0.4) is 0 Å². The van der Waals surface area contributed by atoms with Gasteiger partial charge in [0.1, 0.15) is 0 Å². The standard InChI is InChI=1S/C12H24N2O3/c1-4-16-11(15)14-7-5-10(6-8-14)12(2,3)9-17-13/h10H,4-9,13H2,1-3H3. The van der Waals surface area contributed by atoms with Gasteiger partial charge < -0.3 is 14.5 Å². The quantitative estimate of drug-likeness (QED) is 0.765. The van der Waals surface area contributed by atoms with Gasteiger partial charge in [0.25, 0.3) is 0 Å². The lowest BCUT2D eigenvalue weighted by Crippen LogP contribution is -2.43. The number of likely N-dealkylation sites (tertiary alicyclic amines) is 1. The second-order valence-electron chi connectivity index (χ2n) is 5.26. The van der Waals surface area contributed by atoms with Crippen molar-refractivity contribution in [3.05, 3.63) is 0 Å². The Morgan fingerprint density at radius 1 is 1.41 bits per heavy atom. The largest absolute Gasteiger partial charge is 0.450 e. The number of amides is 1. The number of carbonyl (C=O) groups is 1. The molecule has 0 radical (unpaired) electrons. The van der Waals surface area contributed by atoms with E-state index in [0.29, 0.717) is 19.1 Å². The lowest BCUT2D eigenvalue weighted by Gasteiger charge is -2.39. The average molecular weight is 244 g/mol. The van der Waals surface area contributed by atoms with Crippen LogP contribution in [0.15, 0.2) is 0 Å². The molecule has 17 heavy (non-hydrogen) atoms. The Bertz CT molecular complexity index is 248. The zero-order valence-corrected chi connectivity index (χ0v) is 11.1. The van der Waals surface area contributed by atoms with E-state index in [4.69, 9.17) is 15.5 Å². The number of ether oxygens (including phenoxy) is 1. The Labute approximate surface area is 103 Å². The van der Waals surface area contributed by atoms with Gasteiger partial charge in [0.15, 0.2) is 0 Å². The number of carbonyl (C=O) groups excluding carboxylic acids is 1. The Kier molecular flexibility index (Phi) is 5.21. The van der Waals surface area contributed by atoms with Crippen molar-refractivity contribution in [3.63, 3.8) is 0 Å². The maximum atomic E-state index is 11.5. The van der Waals surface area contributed by atoms with Crippen molar-refractivity contribution in [1.82, 2.24) is 4.90 Å². The molecule has 1 fully saturated rings. The maximum absolute atomic E-state index is 11.5. The molecule has 5 heteroatoms. The first-order chi connectivity index (χ1) is 8.01. The molecule has 0 atom stereocenters. The van der Waals surface area contributed by atoms with Crippen molar-refractivity contribution in [2.45, 2.75) is 33.6 Å². The predicted octanol–water partition coefficient (Wildman–Crippen LogP) is 1.77. The van der Waals surface area contributed by atoms with E-state index < -0.39 is 0 Å². The smallest absolute Gasteiger partial charge is 0.409 e. The monoisotopic (exact) mass is 244 g/mol. The van der Waals surface area contributed by atoms with E-state index in [-0.39, 0.29) is 11.5 Å². The van der Waals surface area contributed by atoms with Gasteiger partial charge in [0.2, 0.25) is 0 Å².